The van der Waals surface area contributed by atoms with E-state index in [2.05, 4.69) is 21.3 Å². The maximum absolute atomic E-state index is 14.8. The van der Waals surface area contributed by atoms with Gasteiger partial charge in [-0.2, -0.15) is 0 Å². The average molecular weight is 753 g/mol. The van der Waals surface area contributed by atoms with Crippen molar-refractivity contribution in [3.05, 3.63) is 0 Å². The van der Waals surface area contributed by atoms with Gasteiger partial charge in [0.2, 0.25) is 17.6 Å². The van der Waals surface area contributed by atoms with Gasteiger partial charge in [0.25, 0.3) is 5.91 Å². The predicted molar refractivity (Wildman–Crippen MR) is 190 cm³/mol. The summed E-state index contributed by atoms with van der Waals surface area (Å²) in [6.07, 6.45) is 9.52. The van der Waals surface area contributed by atoms with E-state index in [1.807, 2.05) is 0 Å². The number of rotatable bonds is 14. The summed E-state index contributed by atoms with van der Waals surface area (Å²) in [5.74, 6) is -4.27. The van der Waals surface area contributed by atoms with Crippen molar-refractivity contribution in [1.82, 2.24) is 26.2 Å². The van der Waals surface area contributed by atoms with Crippen molar-refractivity contribution in [3.8, 4) is 0 Å². The average Bonchev–Trinajstić information content (AvgIpc) is 3.93. The first-order valence-electron chi connectivity index (χ1n) is 19.3. The minimum atomic E-state index is -3.43. The van der Waals surface area contributed by atoms with Gasteiger partial charge in [-0.1, -0.05) is 38.5 Å². The number of amides is 5. The number of likely N-dealkylation sites (tertiary alicyclic amines) is 1. The second-order valence-electron chi connectivity index (χ2n) is 16.5. The number of piperidine rings is 1. The molecule has 0 spiro atoms. The van der Waals surface area contributed by atoms with E-state index in [4.69, 9.17) is 17.2 Å². The van der Waals surface area contributed by atoms with E-state index in [1.165, 1.54) is 4.90 Å². The molecule has 2 saturated heterocycles. The normalized spacial score (nSPS) is 32.5. The maximum Gasteiger partial charge on any atom is 0.315 e. The van der Waals surface area contributed by atoms with Crippen LogP contribution in [-0.4, -0.2) is 114 Å². The maximum atomic E-state index is 14.8. The number of carbonyl (C=O) groups is 5. The molecule has 292 valence electrons. The summed E-state index contributed by atoms with van der Waals surface area (Å²) in [5, 5.41) is 10.5. The molecule has 4 saturated carbocycles. The summed E-state index contributed by atoms with van der Waals surface area (Å²) >= 11 is 0. The number of hydrogen-bond acceptors (Lipinski definition) is 10. The Labute approximate surface area is 305 Å². The van der Waals surface area contributed by atoms with Gasteiger partial charge in [-0.25, -0.2) is 17.6 Å². The number of halogens is 1. The SMILES string of the molecule is NCCC[C@H](NC(=O)[C@@H]1[C@@H]2[C@H](CN1C(=O)[C@@H](NC(=O)NC1(C3CCCS3(=O)=O)CCCCC1)C1(N)CCCCC1)C2(N)CF)C(=O)C(=O)NC1CC1. The van der Waals surface area contributed by atoms with Gasteiger partial charge in [-0.15, -0.1) is 0 Å². The number of Topliss-reactive ketones (excluding diaryl/α,β-unsaturated/α-hetero) is 1. The van der Waals surface area contributed by atoms with Crippen molar-refractivity contribution >= 4 is 39.4 Å². The fourth-order valence-electron chi connectivity index (χ4n) is 9.73. The van der Waals surface area contributed by atoms with Gasteiger partial charge in [0.05, 0.1) is 28.1 Å². The number of carbonyl (C=O) groups excluding carboxylic acids is 5. The fraction of sp³-hybridized carbons (Fsp3) is 0.857. The molecule has 10 N–H and O–H groups in total. The third-order valence-corrected chi connectivity index (χ3v) is 15.3. The molecule has 5 amide bonds. The third-order valence-electron chi connectivity index (χ3n) is 12.9. The lowest BCUT2D eigenvalue weighted by atomic mass is 9.76. The zero-order chi connectivity index (χ0) is 37.5. The van der Waals surface area contributed by atoms with E-state index in [0.29, 0.717) is 57.8 Å². The standard InChI is InChI=1S/C35H57FN8O7S/c36-20-35(39)22-19-44(26(25(22)35)29(46)41-23(9-7-17-37)27(45)30(47)40-21-11-12-21)31(48)28(33(38)13-3-1-4-14-33)42-32(49)43-34(15-5-2-6-16-34)24-10-8-18-52(24,50)51/h21-26,28H,1-20,37-39H2,(H,40,47)(H,41,46)(H2,42,43,49)/t22-,23-,24?,25-,26-,28+,35?/m0/s1. The van der Waals surface area contributed by atoms with Gasteiger partial charge in [-0.3, -0.25) is 19.2 Å². The lowest BCUT2D eigenvalue weighted by molar-refractivity contribution is -0.145. The minimum absolute atomic E-state index is 0.0638. The van der Waals surface area contributed by atoms with Crippen LogP contribution in [-0.2, 0) is 29.0 Å². The van der Waals surface area contributed by atoms with Crippen LogP contribution in [0.25, 0.3) is 0 Å². The van der Waals surface area contributed by atoms with Crippen molar-refractivity contribution in [2.24, 2.45) is 29.0 Å². The Morgan fingerprint density at radius 2 is 1.54 bits per heavy atom. The van der Waals surface area contributed by atoms with Crippen LogP contribution in [0.4, 0.5) is 9.18 Å². The van der Waals surface area contributed by atoms with Crippen molar-refractivity contribution < 1.29 is 36.8 Å². The molecule has 6 aliphatic rings. The van der Waals surface area contributed by atoms with Crippen LogP contribution in [0.1, 0.15) is 103 Å². The summed E-state index contributed by atoms with van der Waals surface area (Å²) in [7, 11) is -3.43. The number of nitrogens with one attached hydrogen (secondary N) is 4. The van der Waals surface area contributed by atoms with Gasteiger partial charge in [0, 0.05) is 30.0 Å². The molecule has 2 aliphatic heterocycles. The van der Waals surface area contributed by atoms with E-state index in [0.717, 1.165) is 38.5 Å². The largest absolute Gasteiger partial charge is 0.347 e. The molecule has 52 heavy (non-hydrogen) atoms. The topological polar surface area (TPSA) is 249 Å². The number of urea groups is 1. The van der Waals surface area contributed by atoms with Gasteiger partial charge in [-0.05, 0) is 70.8 Å². The van der Waals surface area contributed by atoms with Gasteiger partial charge < -0.3 is 43.4 Å². The molecular weight excluding hydrogens is 695 g/mol. The first kappa shape index (κ1) is 38.8. The third kappa shape index (κ3) is 7.56. The Hall–Kier alpha value is -2.89. The first-order chi connectivity index (χ1) is 24.7. The Morgan fingerprint density at radius 3 is 2.12 bits per heavy atom. The minimum Gasteiger partial charge on any atom is -0.347 e. The predicted octanol–water partition coefficient (Wildman–Crippen LogP) is -0.209. The molecule has 0 radical (unpaired) electrons. The van der Waals surface area contributed by atoms with Crippen molar-refractivity contribution in [2.75, 3.05) is 25.5 Å². The van der Waals surface area contributed by atoms with E-state index < -0.39 is 97.9 Å². The van der Waals surface area contributed by atoms with Gasteiger partial charge >= 0.3 is 6.03 Å². The molecular formula is C35H57FN8O7S. The van der Waals surface area contributed by atoms with Crippen molar-refractivity contribution in [1.29, 1.82) is 0 Å². The lowest BCUT2D eigenvalue weighted by Gasteiger charge is -2.45. The van der Waals surface area contributed by atoms with Crippen LogP contribution >= 0.6 is 0 Å². The Morgan fingerprint density at radius 1 is 0.885 bits per heavy atom. The molecule has 15 nitrogen and oxygen atoms in total. The molecule has 17 heteroatoms. The highest BCUT2D eigenvalue weighted by Crippen LogP contribution is 2.57. The smallest absolute Gasteiger partial charge is 0.315 e. The fourth-order valence-corrected chi connectivity index (χ4v) is 12.1. The Kier molecular flexibility index (Phi) is 11.3. The van der Waals surface area contributed by atoms with E-state index in [-0.39, 0.29) is 31.3 Å². The number of sulfone groups is 1. The van der Waals surface area contributed by atoms with Crippen molar-refractivity contribution in [2.45, 2.75) is 149 Å². The van der Waals surface area contributed by atoms with E-state index in [9.17, 15) is 36.8 Å². The molecule has 0 aromatic rings. The zero-order valence-corrected chi connectivity index (χ0v) is 30.8. The number of nitrogens with two attached hydrogens (primary N) is 3. The first-order valence-corrected chi connectivity index (χ1v) is 21.0. The van der Waals surface area contributed by atoms with Crippen LogP contribution in [0.2, 0.25) is 0 Å². The summed E-state index contributed by atoms with van der Waals surface area (Å²) < 4.78 is 40.7. The van der Waals surface area contributed by atoms with Crippen LogP contribution in [0.15, 0.2) is 0 Å². The highest BCUT2D eigenvalue weighted by Gasteiger charge is 2.73. The molecule has 6 fully saturated rings. The Balaban J connectivity index is 1.25. The molecule has 2 unspecified atom stereocenters. The molecule has 4 aliphatic carbocycles. The second kappa shape index (κ2) is 15.1. The molecule has 0 bridgehead atoms. The summed E-state index contributed by atoms with van der Waals surface area (Å²) in [5.41, 5.74) is 15.6. The van der Waals surface area contributed by atoms with Crippen LogP contribution in [0, 0.1) is 11.8 Å². The Bertz CT molecular complexity index is 1520. The summed E-state index contributed by atoms with van der Waals surface area (Å²) in [6, 6.07) is -4.59. The number of alkyl halides is 1. The van der Waals surface area contributed by atoms with E-state index >= 15 is 0 Å². The highest BCUT2D eigenvalue weighted by atomic mass is 32.2. The highest BCUT2D eigenvalue weighted by molar-refractivity contribution is 7.92. The zero-order valence-electron chi connectivity index (χ0n) is 30.0. The van der Waals surface area contributed by atoms with Crippen LogP contribution < -0.4 is 38.5 Å². The van der Waals surface area contributed by atoms with Crippen LogP contribution in [0.3, 0.4) is 0 Å². The molecule has 6 rings (SSSR count). The molecule has 7 atom stereocenters. The summed E-state index contributed by atoms with van der Waals surface area (Å²) in [6.45, 7) is -0.783. The molecule has 0 aromatic carbocycles. The van der Waals surface area contributed by atoms with Crippen molar-refractivity contribution in [3.63, 3.8) is 0 Å². The molecule has 0 aromatic heterocycles. The number of hydrogen-bond donors (Lipinski definition) is 7. The summed E-state index contributed by atoms with van der Waals surface area (Å²) in [4.78, 5) is 70.2. The lowest BCUT2D eigenvalue weighted by Crippen LogP contribution is -2.70. The van der Waals surface area contributed by atoms with Crippen LogP contribution in [0.5, 0.6) is 0 Å². The number of ketones is 1. The van der Waals surface area contributed by atoms with Gasteiger partial charge in [0.1, 0.15) is 18.8 Å². The van der Waals surface area contributed by atoms with Gasteiger partial charge in [0.15, 0.2) is 9.84 Å². The van der Waals surface area contributed by atoms with E-state index in [1.54, 1.807) is 0 Å². The monoisotopic (exact) mass is 752 g/mol. The quantitative estimate of drug-likeness (QED) is 0.115. The number of fused-ring (bicyclic) bond motifs is 1. The number of nitrogens with zero attached hydrogens (tertiary/aromatic N) is 1. The second-order valence-corrected chi connectivity index (χ2v) is 18.8. The molecule has 2 heterocycles.